The molecule has 7 heteroatoms. The molecule has 0 amide bonds. The summed E-state index contributed by atoms with van der Waals surface area (Å²) >= 11 is 6.87. The summed E-state index contributed by atoms with van der Waals surface area (Å²) < 4.78 is 38.2. The zero-order chi connectivity index (χ0) is 12.6. The van der Waals surface area contributed by atoms with Gasteiger partial charge in [0, 0.05) is 0 Å². The summed E-state index contributed by atoms with van der Waals surface area (Å²) in [7, 11) is 0. The Hall–Kier alpha value is -1.27. The van der Waals surface area contributed by atoms with Crippen LogP contribution in [0.2, 0.25) is 4.34 Å². The molecule has 0 aliphatic heterocycles. The van der Waals surface area contributed by atoms with Gasteiger partial charge in [0.2, 0.25) is 0 Å². The Kier molecular flexibility index (Phi) is 3.01. The second-order valence-electron chi connectivity index (χ2n) is 3.27. The Morgan fingerprint density at radius 1 is 1.24 bits per heavy atom. The molecule has 0 saturated heterocycles. The van der Waals surface area contributed by atoms with Crippen LogP contribution >= 0.6 is 22.9 Å². The Balaban J connectivity index is 2.52. The molecule has 0 aromatic carbocycles. The summed E-state index contributed by atoms with van der Waals surface area (Å²) in [4.78, 5) is 4.41. The second kappa shape index (κ2) is 4.19. The van der Waals surface area contributed by atoms with Crippen molar-refractivity contribution in [2.45, 2.75) is 6.18 Å². The molecule has 0 radical (unpaired) electrons. The van der Waals surface area contributed by atoms with Crippen LogP contribution in [0.3, 0.4) is 0 Å². The SMILES string of the molecule is Nc1cc(C(F)(F)F)cc(-c2ccc(Cl)s2)n1. The maximum Gasteiger partial charge on any atom is 0.416 e. The number of halogens is 4. The molecule has 2 heterocycles. The summed E-state index contributed by atoms with van der Waals surface area (Å²) in [5.74, 6) is -0.167. The predicted octanol–water partition coefficient (Wildman–Crippen LogP) is 4.06. The Morgan fingerprint density at radius 2 is 1.94 bits per heavy atom. The maximum absolute atomic E-state index is 12.6. The number of hydrogen-bond donors (Lipinski definition) is 1. The highest BCUT2D eigenvalue weighted by atomic mass is 35.5. The molecule has 2 nitrogen and oxygen atoms in total. The number of alkyl halides is 3. The summed E-state index contributed by atoms with van der Waals surface area (Å²) in [5.41, 5.74) is 4.72. The maximum atomic E-state index is 12.6. The molecule has 0 aliphatic rings. The fourth-order valence-corrected chi connectivity index (χ4v) is 2.30. The third kappa shape index (κ3) is 2.70. The van der Waals surface area contributed by atoms with Crippen molar-refractivity contribution < 1.29 is 13.2 Å². The van der Waals surface area contributed by atoms with E-state index in [4.69, 9.17) is 17.3 Å². The number of nitrogens with two attached hydrogens (primary N) is 1. The fraction of sp³-hybridized carbons (Fsp3) is 0.100. The van der Waals surface area contributed by atoms with Crippen molar-refractivity contribution in [3.63, 3.8) is 0 Å². The number of anilines is 1. The van der Waals surface area contributed by atoms with Crippen LogP contribution in [0.25, 0.3) is 10.6 Å². The molecule has 2 aromatic rings. The first-order valence-corrected chi connectivity index (χ1v) is 5.66. The minimum Gasteiger partial charge on any atom is -0.384 e. The van der Waals surface area contributed by atoms with Gasteiger partial charge in [0.25, 0.3) is 0 Å². The number of aromatic nitrogens is 1. The van der Waals surface area contributed by atoms with Crippen LogP contribution in [0.4, 0.5) is 19.0 Å². The molecule has 0 saturated carbocycles. The largest absolute Gasteiger partial charge is 0.416 e. The number of nitrogens with zero attached hydrogens (tertiary/aromatic N) is 1. The predicted molar refractivity (Wildman–Crippen MR) is 62.0 cm³/mol. The zero-order valence-corrected chi connectivity index (χ0v) is 9.83. The van der Waals surface area contributed by atoms with Crippen molar-refractivity contribution in [2.75, 3.05) is 5.73 Å². The van der Waals surface area contributed by atoms with Crippen LogP contribution in [-0.4, -0.2) is 4.98 Å². The molecule has 0 bridgehead atoms. The van der Waals surface area contributed by atoms with Crippen LogP contribution in [0.1, 0.15) is 5.56 Å². The van der Waals surface area contributed by atoms with Gasteiger partial charge in [0.05, 0.1) is 20.5 Å². The third-order valence-electron chi connectivity index (χ3n) is 2.00. The van der Waals surface area contributed by atoms with Gasteiger partial charge in [-0.05, 0) is 24.3 Å². The molecular formula is C10H6ClF3N2S. The zero-order valence-electron chi connectivity index (χ0n) is 8.25. The van der Waals surface area contributed by atoms with E-state index < -0.39 is 11.7 Å². The Morgan fingerprint density at radius 3 is 2.47 bits per heavy atom. The van der Waals surface area contributed by atoms with E-state index in [-0.39, 0.29) is 11.5 Å². The second-order valence-corrected chi connectivity index (χ2v) is 4.98. The lowest BCUT2D eigenvalue weighted by atomic mass is 10.2. The standard InChI is InChI=1S/C10H6ClF3N2S/c11-8-2-1-7(17-8)6-3-5(10(12,13)14)4-9(15)16-6/h1-4H,(H2,15,16). The van der Waals surface area contributed by atoms with Crippen molar-refractivity contribution in [3.8, 4) is 10.6 Å². The number of nitrogen functional groups attached to an aromatic ring is 1. The lowest BCUT2D eigenvalue weighted by Crippen LogP contribution is -2.07. The molecule has 0 unspecified atom stereocenters. The first-order valence-electron chi connectivity index (χ1n) is 4.47. The molecule has 0 spiro atoms. The minimum atomic E-state index is -4.44. The first-order chi connectivity index (χ1) is 7.86. The van der Waals surface area contributed by atoms with Gasteiger partial charge in [-0.15, -0.1) is 11.3 Å². The van der Waals surface area contributed by atoms with Gasteiger partial charge in [0.15, 0.2) is 0 Å². The summed E-state index contributed by atoms with van der Waals surface area (Å²) in [5, 5.41) is 0. The highest BCUT2D eigenvalue weighted by Crippen LogP contribution is 2.35. The Bertz CT molecular complexity index is 551. The normalized spacial score (nSPS) is 11.8. The number of rotatable bonds is 1. The van der Waals surface area contributed by atoms with Gasteiger partial charge in [-0.3, -0.25) is 0 Å². The van der Waals surface area contributed by atoms with Crippen molar-refractivity contribution in [3.05, 3.63) is 34.2 Å². The van der Waals surface area contributed by atoms with Crippen LogP contribution < -0.4 is 5.73 Å². The number of hydrogen-bond acceptors (Lipinski definition) is 3. The first kappa shape index (κ1) is 12.2. The van der Waals surface area contributed by atoms with Crippen LogP contribution in [0.15, 0.2) is 24.3 Å². The van der Waals surface area contributed by atoms with Crippen molar-refractivity contribution in [1.29, 1.82) is 0 Å². The molecule has 2 N–H and O–H groups in total. The van der Waals surface area contributed by atoms with Gasteiger partial charge in [0.1, 0.15) is 5.82 Å². The summed E-state index contributed by atoms with van der Waals surface area (Å²) in [6.45, 7) is 0. The van der Waals surface area contributed by atoms with Crippen molar-refractivity contribution >= 4 is 28.8 Å². The molecule has 17 heavy (non-hydrogen) atoms. The van der Waals surface area contributed by atoms with Gasteiger partial charge in [-0.25, -0.2) is 4.98 Å². The number of pyridine rings is 1. The molecular weight excluding hydrogens is 273 g/mol. The molecule has 0 atom stereocenters. The molecule has 0 fully saturated rings. The quantitative estimate of drug-likeness (QED) is 0.854. The van der Waals surface area contributed by atoms with Crippen LogP contribution in [0.5, 0.6) is 0 Å². The van der Waals surface area contributed by atoms with Crippen molar-refractivity contribution in [2.24, 2.45) is 0 Å². The van der Waals surface area contributed by atoms with E-state index in [0.29, 0.717) is 9.21 Å². The highest BCUT2D eigenvalue weighted by molar-refractivity contribution is 7.19. The van der Waals surface area contributed by atoms with Crippen LogP contribution in [-0.2, 0) is 6.18 Å². The average Bonchev–Trinajstić information content (AvgIpc) is 2.62. The van der Waals surface area contributed by atoms with E-state index in [0.717, 1.165) is 23.5 Å². The summed E-state index contributed by atoms with van der Waals surface area (Å²) in [6, 6.07) is 4.96. The average molecular weight is 279 g/mol. The lowest BCUT2D eigenvalue weighted by Gasteiger charge is -2.08. The van der Waals surface area contributed by atoms with Gasteiger partial charge in [-0.2, -0.15) is 13.2 Å². The van der Waals surface area contributed by atoms with Crippen molar-refractivity contribution in [1.82, 2.24) is 4.98 Å². The summed E-state index contributed by atoms with van der Waals surface area (Å²) in [6.07, 6.45) is -4.44. The molecule has 2 aromatic heterocycles. The van der Waals surface area contributed by atoms with Crippen LogP contribution in [0, 0.1) is 0 Å². The molecule has 0 aliphatic carbocycles. The van der Waals surface area contributed by atoms with E-state index in [1.165, 1.54) is 0 Å². The van der Waals surface area contributed by atoms with E-state index >= 15 is 0 Å². The van der Waals surface area contributed by atoms with Gasteiger partial charge < -0.3 is 5.73 Å². The van der Waals surface area contributed by atoms with E-state index in [1.807, 2.05) is 0 Å². The van der Waals surface area contributed by atoms with E-state index in [1.54, 1.807) is 12.1 Å². The van der Waals surface area contributed by atoms with E-state index in [2.05, 4.69) is 4.98 Å². The molecule has 90 valence electrons. The monoisotopic (exact) mass is 278 g/mol. The smallest absolute Gasteiger partial charge is 0.384 e. The third-order valence-corrected chi connectivity index (χ3v) is 3.25. The number of thiophene rings is 1. The highest BCUT2D eigenvalue weighted by Gasteiger charge is 2.31. The topological polar surface area (TPSA) is 38.9 Å². The van der Waals surface area contributed by atoms with E-state index in [9.17, 15) is 13.2 Å². The minimum absolute atomic E-state index is 0.167. The molecule has 2 rings (SSSR count). The fourth-order valence-electron chi connectivity index (χ4n) is 1.29. The van der Waals surface area contributed by atoms with Gasteiger partial charge in [-0.1, -0.05) is 11.6 Å². The Labute approximate surface area is 104 Å². The lowest BCUT2D eigenvalue weighted by molar-refractivity contribution is -0.137. The van der Waals surface area contributed by atoms with Gasteiger partial charge >= 0.3 is 6.18 Å².